The summed E-state index contributed by atoms with van der Waals surface area (Å²) in [4.78, 5) is 37.8. The lowest BCUT2D eigenvalue weighted by atomic mass is 10.1. The summed E-state index contributed by atoms with van der Waals surface area (Å²) in [7, 11) is 1.74. The highest BCUT2D eigenvalue weighted by Crippen LogP contribution is 2.22. The number of ether oxygens (including phenoxy) is 1. The van der Waals surface area contributed by atoms with E-state index in [2.05, 4.69) is 15.9 Å². The Balaban J connectivity index is 2.09. The van der Waals surface area contributed by atoms with Crippen LogP contribution in [-0.2, 0) is 20.9 Å². The molecular weight excluding hydrogens is 424 g/mol. The van der Waals surface area contributed by atoms with Crippen molar-refractivity contribution in [1.29, 1.82) is 0 Å². The van der Waals surface area contributed by atoms with Crippen molar-refractivity contribution in [3.63, 3.8) is 0 Å². The van der Waals surface area contributed by atoms with Crippen LogP contribution in [0.15, 0.2) is 53.0 Å². The van der Waals surface area contributed by atoms with Crippen LogP contribution in [0, 0.1) is 5.92 Å². The number of carbonyl (C=O) groups excluding carboxylic acids is 3. The average molecular weight is 447 g/mol. The van der Waals surface area contributed by atoms with Crippen molar-refractivity contribution in [1.82, 2.24) is 4.90 Å². The van der Waals surface area contributed by atoms with E-state index in [1.165, 1.54) is 0 Å². The van der Waals surface area contributed by atoms with Crippen molar-refractivity contribution in [2.24, 2.45) is 11.7 Å². The molecule has 28 heavy (non-hydrogen) atoms. The van der Waals surface area contributed by atoms with Crippen LogP contribution in [0.5, 0.6) is 0 Å². The zero-order valence-corrected chi connectivity index (χ0v) is 17.6. The van der Waals surface area contributed by atoms with E-state index in [9.17, 15) is 14.4 Å². The molecule has 0 spiro atoms. The monoisotopic (exact) mass is 446 g/mol. The summed E-state index contributed by atoms with van der Waals surface area (Å²) < 4.78 is 6.08. The molecule has 2 N–H and O–H groups in total. The summed E-state index contributed by atoms with van der Waals surface area (Å²) >= 11 is 3.32. The van der Waals surface area contributed by atoms with Gasteiger partial charge in [-0.3, -0.25) is 9.59 Å². The van der Waals surface area contributed by atoms with Crippen molar-refractivity contribution in [3.05, 3.63) is 69.7 Å². The summed E-state index contributed by atoms with van der Waals surface area (Å²) in [5, 5.41) is 0. The standard InChI is InChI=1S/C21H23BrN2O4/c1-13(2)20(26)24(3)12-14-7-9-15(10-8-14)21(27)28-18(19(23)25)16-5-4-6-17(22)11-16/h4-11,13,18H,12H2,1-3H3,(H2,23,25). The summed E-state index contributed by atoms with van der Waals surface area (Å²) in [5.74, 6) is -1.44. The second kappa shape index (κ2) is 9.50. The number of nitrogens with zero attached hydrogens (tertiary/aromatic N) is 1. The lowest BCUT2D eigenvalue weighted by molar-refractivity contribution is -0.133. The summed E-state index contributed by atoms with van der Waals surface area (Å²) in [6.45, 7) is 4.13. The molecule has 2 rings (SSSR count). The minimum absolute atomic E-state index is 0.0433. The molecule has 0 aliphatic heterocycles. The fourth-order valence-corrected chi connectivity index (χ4v) is 3.09. The molecule has 1 atom stereocenters. The van der Waals surface area contributed by atoms with Crippen LogP contribution in [0.4, 0.5) is 0 Å². The van der Waals surface area contributed by atoms with Crippen LogP contribution in [0.2, 0.25) is 0 Å². The molecule has 2 amide bonds. The molecule has 1 unspecified atom stereocenters. The summed E-state index contributed by atoms with van der Waals surface area (Å²) in [6.07, 6.45) is -1.18. The number of hydrogen-bond acceptors (Lipinski definition) is 4. The van der Waals surface area contributed by atoms with E-state index in [0.29, 0.717) is 17.7 Å². The highest BCUT2D eigenvalue weighted by molar-refractivity contribution is 9.10. The number of amides is 2. The van der Waals surface area contributed by atoms with E-state index in [1.54, 1.807) is 60.5 Å². The lowest BCUT2D eigenvalue weighted by Crippen LogP contribution is -2.29. The number of carbonyl (C=O) groups is 3. The minimum Gasteiger partial charge on any atom is -0.444 e. The van der Waals surface area contributed by atoms with Gasteiger partial charge in [-0.2, -0.15) is 0 Å². The van der Waals surface area contributed by atoms with Gasteiger partial charge in [0, 0.05) is 29.5 Å². The first-order valence-electron chi connectivity index (χ1n) is 8.78. The van der Waals surface area contributed by atoms with E-state index in [4.69, 9.17) is 10.5 Å². The van der Waals surface area contributed by atoms with Crippen LogP contribution in [0.25, 0.3) is 0 Å². The first-order valence-corrected chi connectivity index (χ1v) is 9.58. The molecule has 0 aliphatic rings. The van der Waals surface area contributed by atoms with Gasteiger partial charge in [-0.15, -0.1) is 0 Å². The Kier molecular flexibility index (Phi) is 7.34. The van der Waals surface area contributed by atoms with Gasteiger partial charge in [0.15, 0.2) is 0 Å². The molecule has 0 radical (unpaired) electrons. The van der Waals surface area contributed by atoms with Crippen molar-refractivity contribution >= 4 is 33.7 Å². The molecule has 0 bridgehead atoms. The van der Waals surface area contributed by atoms with Gasteiger partial charge in [-0.1, -0.05) is 54.0 Å². The van der Waals surface area contributed by atoms with Gasteiger partial charge in [-0.25, -0.2) is 4.79 Å². The largest absolute Gasteiger partial charge is 0.444 e. The number of benzene rings is 2. The third kappa shape index (κ3) is 5.66. The Morgan fingerprint density at radius 2 is 1.75 bits per heavy atom. The molecule has 0 aliphatic carbocycles. The first-order chi connectivity index (χ1) is 13.2. The van der Waals surface area contributed by atoms with Crippen LogP contribution >= 0.6 is 15.9 Å². The minimum atomic E-state index is -1.18. The van der Waals surface area contributed by atoms with E-state index in [1.807, 2.05) is 13.8 Å². The average Bonchev–Trinajstić information content (AvgIpc) is 2.65. The maximum atomic E-state index is 12.4. The number of hydrogen-bond donors (Lipinski definition) is 1. The third-order valence-electron chi connectivity index (χ3n) is 4.11. The zero-order valence-electron chi connectivity index (χ0n) is 16.0. The number of rotatable bonds is 7. The lowest BCUT2D eigenvalue weighted by Gasteiger charge is -2.19. The molecule has 7 heteroatoms. The first kappa shape index (κ1) is 21.6. The smallest absolute Gasteiger partial charge is 0.339 e. The Morgan fingerprint density at radius 1 is 1.11 bits per heavy atom. The van der Waals surface area contributed by atoms with Gasteiger partial charge < -0.3 is 15.4 Å². The summed E-state index contributed by atoms with van der Waals surface area (Å²) in [6, 6.07) is 13.6. The molecule has 0 saturated carbocycles. The molecule has 0 fully saturated rings. The topological polar surface area (TPSA) is 89.7 Å². The van der Waals surface area contributed by atoms with E-state index >= 15 is 0 Å². The quantitative estimate of drug-likeness (QED) is 0.659. The number of nitrogens with two attached hydrogens (primary N) is 1. The van der Waals surface area contributed by atoms with Crippen LogP contribution in [0.3, 0.4) is 0 Å². The van der Waals surface area contributed by atoms with Gasteiger partial charge in [0.25, 0.3) is 5.91 Å². The Hall–Kier alpha value is -2.67. The van der Waals surface area contributed by atoms with E-state index in [-0.39, 0.29) is 11.8 Å². The molecule has 148 valence electrons. The third-order valence-corrected chi connectivity index (χ3v) is 4.61. The molecular formula is C21H23BrN2O4. The van der Waals surface area contributed by atoms with E-state index in [0.717, 1.165) is 10.0 Å². The predicted molar refractivity (Wildman–Crippen MR) is 109 cm³/mol. The fourth-order valence-electron chi connectivity index (χ4n) is 2.67. The highest BCUT2D eigenvalue weighted by Gasteiger charge is 2.23. The van der Waals surface area contributed by atoms with Gasteiger partial charge in [0.05, 0.1) is 5.56 Å². The fraction of sp³-hybridized carbons (Fsp3) is 0.286. The molecule has 6 nitrogen and oxygen atoms in total. The van der Waals surface area contributed by atoms with Crippen molar-refractivity contribution in [2.75, 3.05) is 7.05 Å². The SMILES string of the molecule is CC(C)C(=O)N(C)Cc1ccc(C(=O)OC(C(N)=O)c2cccc(Br)c2)cc1. The predicted octanol–water partition coefficient (Wildman–Crippen LogP) is 3.45. The van der Waals surface area contributed by atoms with Gasteiger partial charge in [-0.05, 0) is 29.8 Å². The van der Waals surface area contributed by atoms with Crippen molar-refractivity contribution < 1.29 is 19.1 Å². The Bertz CT molecular complexity index is 865. The van der Waals surface area contributed by atoms with Crippen molar-refractivity contribution in [2.45, 2.75) is 26.5 Å². The second-order valence-corrected chi connectivity index (χ2v) is 7.70. The van der Waals surface area contributed by atoms with Crippen LogP contribution < -0.4 is 5.73 Å². The van der Waals surface area contributed by atoms with Crippen LogP contribution in [-0.4, -0.2) is 29.7 Å². The van der Waals surface area contributed by atoms with Gasteiger partial charge >= 0.3 is 5.97 Å². The molecule has 0 heterocycles. The normalized spacial score (nSPS) is 11.8. The highest BCUT2D eigenvalue weighted by atomic mass is 79.9. The maximum Gasteiger partial charge on any atom is 0.339 e. The zero-order chi connectivity index (χ0) is 20.8. The molecule has 2 aromatic rings. The number of esters is 1. The number of primary amides is 1. The van der Waals surface area contributed by atoms with Gasteiger partial charge in [0.1, 0.15) is 0 Å². The van der Waals surface area contributed by atoms with Crippen molar-refractivity contribution in [3.8, 4) is 0 Å². The van der Waals surface area contributed by atoms with Crippen LogP contribution in [0.1, 0.15) is 41.4 Å². The maximum absolute atomic E-state index is 12.4. The second-order valence-electron chi connectivity index (χ2n) is 6.79. The van der Waals surface area contributed by atoms with Gasteiger partial charge in [0.2, 0.25) is 12.0 Å². The molecule has 0 aromatic heterocycles. The van der Waals surface area contributed by atoms with E-state index < -0.39 is 18.0 Å². The summed E-state index contributed by atoms with van der Waals surface area (Å²) in [5.41, 5.74) is 7.07. The molecule has 0 saturated heterocycles. The molecule has 2 aromatic carbocycles. The number of halogens is 1. The Labute approximate surface area is 172 Å². The Morgan fingerprint density at radius 3 is 2.29 bits per heavy atom.